The molecule has 2 rings (SSSR count). The molecule has 0 aliphatic carbocycles. The number of nitrogens with one attached hydrogen (secondary N) is 1. The molecule has 1 amide bonds. The molecule has 0 spiro atoms. The van der Waals surface area contributed by atoms with Gasteiger partial charge in [0.25, 0.3) is 0 Å². The standard InChI is InChI=1S/C13H18ClN3O/c1-10(2)16-8-7-13(17(16)9-18)15-12-5-3-11(14)4-6-12/h3-6,9-10,13,15H,7-8H2,1-2H3. The summed E-state index contributed by atoms with van der Waals surface area (Å²) >= 11 is 5.85. The molecule has 1 aliphatic rings. The fourth-order valence-corrected chi connectivity index (χ4v) is 2.34. The lowest BCUT2D eigenvalue weighted by atomic mass is 10.3. The number of nitrogens with zero attached hydrogens (tertiary/aromatic N) is 2. The van der Waals surface area contributed by atoms with Crippen LogP contribution in [-0.4, -0.2) is 35.2 Å². The lowest BCUT2D eigenvalue weighted by Gasteiger charge is -2.32. The van der Waals surface area contributed by atoms with Crippen molar-refractivity contribution in [3.05, 3.63) is 29.3 Å². The molecule has 4 nitrogen and oxygen atoms in total. The number of hydrogen-bond acceptors (Lipinski definition) is 3. The Labute approximate surface area is 112 Å². The highest BCUT2D eigenvalue weighted by molar-refractivity contribution is 6.30. The van der Waals surface area contributed by atoms with Gasteiger partial charge in [0.15, 0.2) is 0 Å². The van der Waals surface area contributed by atoms with Gasteiger partial charge < -0.3 is 5.32 Å². The molecule has 0 aromatic heterocycles. The number of carbonyl (C=O) groups excluding carboxylic acids is 1. The molecule has 0 radical (unpaired) electrons. The zero-order valence-electron chi connectivity index (χ0n) is 10.6. The summed E-state index contributed by atoms with van der Waals surface area (Å²) in [6.45, 7) is 5.06. The van der Waals surface area contributed by atoms with Gasteiger partial charge in [-0.25, -0.2) is 5.01 Å². The van der Waals surface area contributed by atoms with Crippen LogP contribution in [0, 0.1) is 0 Å². The summed E-state index contributed by atoms with van der Waals surface area (Å²) in [7, 11) is 0. The largest absolute Gasteiger partial charge is 0.364 e. The quantitative estimate of drug-likeness (QED) is 0.852. The van der Waals surface area contributed by atoms with Crippen LogP contribution in [0.25, 0.3) is 0 Å². The average Bonchev–Trinajstić information content (AvgIpc) is 2.75. The molecular formula is C13H18ClN3O. The van der Waals surface area contributed by atoms with Crippen LogP contribution < -0.4 is 5.32 Å². The lowest BCUT2D eigenvalue weighted by Crippen LogP contribution is -2.46. The molecule has 18 heavy (non-hydrogen) atoms. The zero-order valence-corrected chi connectivity index (χ0v) is 11.4. The highest BCUT2D eigenvalue weighted by Gasteiger charge is 2.31. The van der Waals surface area contributed by atoms with E-state index in [9.17, 15) is 4.79 Å². The van der Waals surface area contributed by atoms with Crippen molar-refractivity contribution >= 4 is 23.7 Å². The monoisotopic (exact) mass is 267 g/mol. The molecule has 1 heterocycles. The summed E-state index contributed by atoms with van der Waals surface area (Å²) in [5, 5.41) is 7.86. The number of hydrogen-bond donors (Lipinski definition) is 1. The molecule has 98 valence electrons. The first-order chi connectivity index (χ1) is 8.61. The van der Waals surface area contributed by atoms with Crippen molar-refractivity contribution in [2.24, 2.45) is 0 Å². The van der Waals surface area contributed by atoms with Crippen LogP contribution in [0.1, 0.15) is 20.3 Å². The maximum absolute atomic E-state index is 11.2. The maximum Gasteiger partial charge on any atom is 0.225 e. The minimum atomic E-state index is 0.0195. The summed E-state index contributed by atoms with van der Waals surface area (Å²) in [6.07, 6.45) is 1.83. The first-order valence-electron chi connectivity index (χ1n) is 6.14. The molecule has 1 atom stereocenters. The molecule has 1 N–H and O–H groups in total. The van der Waals surface area contributed by atoms with E-state index in [1.165, 1.54) is 0 Å². The number of anilines is 1. The second-order valence-electron chi connectivity index (χ2n) is 4.70. The van der Waals surface area contributed by atoms with Gasteiger partial charge in [-0.3, -0.25) is 9.80 Å². The first-order valence-corrected chi connectivity index (χ1v) is 6.52. The van der Waals surface area contributed by atoms with Crippen molar-refractivity contribution in [1.82, 2.24) is 10.0 Å². The molecule has 0 bridgehead atoms. The predicted molar refractivity (Wildman–Crippen MR) is 73.2 cm³/mol. The van der Waals surface area contributed by atoms with Gasteiger partial charge in [-0.1, -0.05) is 11.6 Å². The molecule has 0 saturated carbocycles. The van der Waals surface area contributed by atoms with Crippen molar-refractivity contribution in [1.29, 1.82) is 0 Å². The Morgan fingerprint density at radius 1 is 1.39 bits per heavy atom. The fourth-order valence-electron chi connectivity index (χ4n) is 2.22. The average molecular weight is 268 g/mol. The maximum atomic E-state index is 11.2. The van der Waals surface area contributed by atoms with E-state index in [4.69, 9.17) is 11.6 Å². The molecule has 5 heteroatoms. The summed E-state index contributed by atoms with van der Waals surface area (Å²) in [6, 6.07) is 7.84. The van der Waals surface area contributed by atoms with Gasteiger partial charge in [0.05, 0.1) is 0 Å². The van der Waals surface area contributed by atoms with E-state index >= 15 is 0 Å². The van der Waals surface area contributed by atoms with Crippen molar-refractivity contribution < 1.29 is 4.79 Å². The number of benzene rings is 1. The zero-order chi connectivity index (χ0) is 13.1. The van der Waals surface area contributed by atoms with Gasteiger partial charge in [0.1, 0.15) is 6.17 Å². The second kappa shape index (κ2) is 5.59. The number of hydrazine groups is 1. The van der Waals surface area contributed by atoms with Crippen molar-refractivity contribution in [2.75, 3.05) is 11.9 Å². The minimum Gasteiger partial charge on any atom is -0.364 e. The summed E-state index contributed by atoms with van der Waals surface area (Å²) in [5.74, 6) is 0. The highest BCUT2D eigenvalue weighted by Crippen LogP contribution is 2.22. The molecular weight excluding hydrogens is 250 g/mol. The van der Waals surface area contributed by atoms with Crippen LogP contribution >= 0.6 is 11.6 Å². The third-order valence-electron chi connectivity index (χ3n) is 3.13. The van der Waals surface area contributed by atoms with Crippen LogP contribution in [0.2, 0.25) is 5.02 Å². The summed E-state index contributed by atoms with van der Waals surface area (Å²) in [4.78, 5) is 11.2. The summed E-state index contributed by atoms with van der Waals surface area (Å²) in [5.41, 5.74) is 0.974. The Morgan fingerprint density at radius 3 is 2.61 bits per heavy atom. The van der Waals surface area contributed by atoms with Gasteiger partial charge in [0, 0.05) is 29.7 Å². The fraction of sp³-hybridized carbons (Fsp3) is 0.462. The number of halogens is 1. The van der Waals surface area contributed by atoms with E-state index in [-0.39, 0.29) is 6.17 Å². The smallest absolute Gasteiger partial charge is 0.225 e. The van der Waals surface area contributed by atoms with E-state index < -0.39 is 0 Å². The molecule has 1 aromatic carbocycles. The van der Waals surface area contributed by atoms with Gasteiger partial charge in [-0.15, -0.1) is 0 Å². The van der Waals surface area contributed by atoms with Crippen LogP contribution in [0.15, 0.2) is 24.3 Å². The Hall–Kier alpha value is -1.26. The Kier molecular flexibility index (Phi) is 4.09. The van der Waals surface area contributed by atoms with E-state index in [1.54, 1.807) is 5.01 Å². The van der Waals surface area contributed by atoms with Crippen molar-refractivity contribution in [3.8, 4) is 0 Å². The van der Waals surface area contributed by atoms with E-state index in [1.807, 2.05) is 24.3 Å². The third kappa shape index (κ3) is 2.76. The van der Waals surface area contributed by atoms with E-state index in [2.05, 4.69) is 24.2 Å². The number of amides is 1. The van der Waals surface area contributed by atoms with Crippen LogP contribution in [0.5, 0.6) is 0 Å². The summed E-state index contributed by atoms with van der Waals surface area (Å²) < 4.78 is 0. The third-order valence-corrected chi connectivity index (χ3v) is 3.38. The molecule has 1 fully saturated rings. The predicted octanol–water partition coefficient (Wildman–Crippen LogP) is 2.57. The van der Waals surface area contributed by atoms with Crippen molar-refractivity contribution in [3.63, 3.8) is 0 Å². The Bertz CT molecular complexity index is 407. The van der Waals surface area contributed by atoms with Crippen molar-refractivity contribution in [2.45, 2.75) is 32.5 Å². The lowest BCUT2D eigenvalue weighted by molar-refractivity contribution is -0.134. The number of rotatable bonds is 4. The molecule has 1 aliphatic heterocycles. The van der Waals surface area contributed by atoms with E-state index in [0.717, 1.165) is 25.1 Å². The van der Waals surface area contributed by atoms with Crippen LogP contribution in [-0.2, 0) is 4.79 Å². The first kappa shape index (κ1) is 13.2. The molecule has 1 aromatic rings. The van der Waals surface area contributed by atoms with Gasteiger partial charge in [0.2, 0.25) is 6.41 Å². The Balaban J connectivity index is 2.05. The molecule has 1 unspecified atom stereocenters. The minimum absolute atomic E-state index is 0.0195. The second-order valence-corrected chi connectivity index (χ2v) is 5.13. The van der Waals surface area contributed by atoms with Crippen LogP contribution in [0.4, 0.5) is 5.69 Å². The highest BCUT2D eigenvalue weighted by atomic mass is 35.5. The van der Waals surface area contributed by atoms with Gasteiger partial charge in [-0.05, 0) is 38.1 Å². The van der Waals surface area contributed by atoms with Crippen LogP contribution in [0.3, 0.4) is 0 Å². The SMILES string of the molecule is CC(C)N1CCC(Nc2ccc(Cl)cc2)N1C=O. The number of carbonyl (C=O) groups is 1. The topological polar surface area (TPSA) is 35.6 Å². The van der Waals surface area contributed by atoms with Gasteiger partial charge >= 0.3 is 0 Å². The molecule has 1 saturated heterocycles. The normalized spacial score (nSPS) is 20.4. The van der Waals surface area contributed by atoms with Gasteiger partial charge in [-0.2, -0.15) is 0 Å². The van der Waals surface area contributed by atoms with E-state index in [0.29, 0.717) is 11.1 Å². The Morgan fingerprint density at radius 2 is 2.06 bits per heavy atom.